The van der Waals surface area contributed by atoms with Crippen LogP contribution in [-0.4, -0.2) is 59.9 Å². The molecule has 0 bridgehead atoms. The van der Waals surface area contributed by atoms with Crippen molar-refractivity contribution >= 4 is 39.7 Å². The summed E-state index contributed by atoms with van der Waals surface area (Å²) in [6.07, 6.45) is -2.47. The number of halogens is 3. The maximum Gasteiger partial charge on any atom is 0.418 e. The molecule has 2 aliphatic heterocycles. The Balaban J connectivity index is 1.73. The lowest BCUT2D eigenvalue weighted by Gasteiger charge is -2.33. The number of hydrogen-bond acceptors (Lipinski definition) is 5. The molecular weight excluding hydrogens is 435 g/mol. The van der Waals surface area contributed by atoms with Gasteiger partial charge in [-0.3, -0.25) is 14.9 Å². The highest BCUT2D eigenvalue weighted by molar-refractivity contribution is 6.50. The quantitative estimate of drug-likeness (QED) is 0.594. The maximum absolute atomic E-state index is 14.0. The van der Waals surface area contributed by atoms with Crippen molar-refractivity contribution in [3.05, 3.63) is 59.4 Å². The highest BCUT2D eigenvalue weighted by atomic mass is 19.4. The molecule has 0 saturated carbocycles. The van der Waals surface area contributed by atoms with E-state index in [0.717, 1.165) is 19.3 Å². The number of likely N-dealkylation sites (N-methyl/N-ethyl adjacent to an activating group) is 1. The monoisotopic (exact) mass is 455 g/mol. The fourth-order valence-corrected chi connectivity index (χ4v) is 4.33. The van der Waals surface area contributed by atoms with Crippen LogP contribution in [-0.2, 0) is 15.8 Å². The van der Waals surface area contributed by atoms with Crippen molar-refractivity contribution in [3.8, 4) is 0 Å². The molecule has 0 aliphatic carbocycles. The van der Waals surface area contributed by atoms with Gasteiger partial charge in [0.25, 0.3) is 11.8 Å². The number of carbonyl (C=O) groups is 2. The van der Waals surface area contributed by atoms with Gasteiger partial charge >= 0.3 is 6.18 Å². The Morgan fingerprint density at radius 1 is 0.970 bits per heavy atom. The van der Waals surface area contributed by atoms with Crippen LogP contribution in [0.15, 0.2) is 42.7 Å². The van der Waals surface area contributed by atoms with Crippen molar-refractivity contribution in [1.29, 1.82) is 0 Å². The molecule has 2 N–H and O–H groups in total. The highest BCUT2D eigenvalue weighted by Gasteiger charge is 2.41. The number of para-hydroxylation sites is 1. The van der Waals surface area contributed by atoms with Gasteiger partial charge in [-0.15, -0.1) is 0 Å². The number of carbonyl (C=O) groups excluding carboxylic acids is 2. The van der Waals surface area contributed by atoms with Gasteiger partial charge in [0.2, 0.25) is 0 Å². The number of rotatable bonds is 3. The van der Waals surface area contributed by atoms with E-state index >= 15 is 0 Å². The van der Waals surface area contributed by atoms with Crippen LogP contribution in [0, 0.1) is 0 Å². The lowest BCUT2D eigenvalue weighted by molar-refractivity contribution is -0.138. The van der Waals surface area contributed by atoms with Gasteiger partial charge < -0.3 is 14.8 Å². The van der Waals surface area contributed by atoms with Crippen LogP contribution in [0.4, 0.5) is 19.0 Å². The zero-order valence-electron chi connectivity index (χ0n) is 17.7. The minimum Gasteiger partial charge on any atom is -0.361 e. The summed E-state index contributed by atoms with van der Waals surface area (Å²) in [5.41, 5.74) is -0.716. The van der Waals surface area contributed by atoms with E-state index in [0.29, 0.717) is 35.4 Å². The molecule has 0 spiro atoms. The first-order chi connectivity index (χ1) is 15.7. The number of aromatic amines is 1. The largest absolute Gasteiger partial charge is 0.418 e. The van der Waals surface area contributed by atoms with Crippen molar-refractivity contribution in [2.75, 3.05) is 38.1 Å². The topological polar surface area (TPSA) is 81.3 Å². The van der Waals surface area contributed by atoms with Gasteiger partial charge in [0.15, 0.2) is 0 Å². The number of alkyl halides is 3. The molecule has 5 rings (SSSR count). The van der Waals surface area contributed by atoms with E-state index in [1.807, 2.05) is 11.9 Å². The van der Waals surface area contributed by atoms with Crippen molar-refractivity contribution in [2.24, 2.45) is 0 Å². The lowest BCUT2D eigenvalue weighted by Crippen LogP contribution is -2.44. The normalized spacial score (nSPS) is 17.9. The molecule has 0 unspecified atom stereocenters. The number of amides is 2. The Bertz CT molecular complexity index is 1300. The number of piperazine rings is 1. The predicted molar refractivity (Wildman–Crippen MR) is 117 cm³/mol. The number of hydrogen-bond donors (Lipinski definition) is 2. The molecular formula is C23H20F3N5O2. The molecule has 33 heavy (non-hydrogen) atoms. The minimum absolute atomic E-state index is 0.0847. The lowest BCUT2D eigenvalue weighted by atomic mass is 9.93. The number of fused-ring (bicyclic) bond motifs is 1. The maximum atomic E-state index is 14.0. The Morgan fingerprint density at radius 2 is 1.64 bits per heavy atom. The highest BCUT2D eigenvalue weighted by Crippen LogP contribution is 2.41. The molecule has 2 aliphatic rings. The summed E-state index contributed by atoms with van der Waals surface area (Å²) in [7, 11) is 1.97. The SMILES string of the molecule is CN1CCN(c2cc(C3=C(c4c[nH]c5ccccc45)C(=O)NC3=O)c(C(F)(F)F)cn2)CC1. The summed E-state index contributed by atoms with van der Waals surface area (Å²) in [5, 5.41) is 2.81. The molecule has 7 nitrogen and oxygen atoms in total. The molecule has 1 saturated heterocycles. The fourth-order valence-electron chi connectivity index (χ4n) is 4.33. The Kier molecular flexibility index (Phi) is 4.97. The molecule has 2 aromatic heterocycles. The summed E-state index contributed by atoms with van der Waals surface area (Å²) in [6.45, 7) is 2.65. The zero-order chi connectivity index (χ0) is 23.3. The number of benzene rings is 1. The van der Waals surface area contributed by atoms with Gasteiger partial charge in [-0.1, -0.05) is 18.2 Å². The van der Waals surface area contributed by atoms with E-state index in [1.165, 1.54) is 12.3 Å². The third-order valence-corrected chi connectivity index (χ3v) is 6.08. The van der Waals surface area contributed by atoms with Crippen molar-refractivity contribution in [3.63, 3.8) is 0 Å². The average molecular weight is 455 g/mol. The average Bonchev–Trinajstić information content (AvgIpc) is 3.32. The van der Waals surface area contributed by atoms with Crippen molar-refractivity contribution in [2.45, 2.75) is 6.18 Å². The van der Waals surface area contributed by atoms with Crippen LogP contribution in [0.25, 0.3) is 22.0 Å². The summed E-state index contributed by atoms with van der Waals surface area (Å²) in [6, 6.07) is 8.36. The fraction of sp³-hybridized carbons (Fsp3) is 0.261. The number of nitrogens with one attached hydrogen (secondary N) is 2. The van der Waals surface area contributed by atoms with E-state index in [4.69, 9.17) is 0 Å². The summed E-state index contributed by atoms with van der Waals surface area (Å²) < 4.78 is 41.9. The zero-order valence-corrected chi connectivity index (χ0v) is 17.7. The minimum atomic E-state index is -4.76. The van der Waals surface area contributed by atoms with Gasteiger partial charge in [-0.05, 0) is 19.2 Å². The summed E-state index contributed by atoms with van der Waals surface area (Å²) >= 11 is 0. The van der Waals surface area contributed by atoms with Crippen LogP contribution < -0.4 is 10.2 Å². The van der Waals surface area contributed by atoms with Gasteiger partial charge in [0, 0.05) is 60.6 Å². The number of pyridine rings is 1. The van der Waals surface area contributed by atoms with Crippen LogP contribution in [0.1, 0.15) is 16.7 Å². The van der Waals surface area contributed by atoms with Crippen molar-refractivity contribution in [1.82, 2.24) is 20.2 Å². The summed E-state index contributed by atoms with van der Waals surface area (Å²) in [5.74, 6) is -1.25. The smallest absolute Gasteiger partial charge is 0.361 e. The van der Waals surface area contributed by atoms with Crippen LogP contribution in [0.5, 0.6) is 0 Å². The van der Waals surface area contributed by atoms with Gasteiger partial charge in [0.05, 0.1) is 16.7 Å². The van der Waals surface area contributed by atoms with Crippen LogP contribution in [0.3, 0.4) is 0 Å². The van der Waals surface area contributed by atoms with E-state index in [2.05, 4.69) is 20.2 Å². The Hall–Kier alpha value is -3.66. The molecule has 170 valence electrons. The first-order valence-electron chi connectivity index (χ1n) is 10.4. The van der Waals surface area contributed by atoms with Crippen molar-refractivity contribution < 1.29 is 22.8 Å². The second-order valence-corrected chi connectivity index (χ2v) is 8.16. The second kappa shape index (κ2) is 7.73. The molecule has 0 radical (unpaired) electrons. The number of nitrogens with zero attached hydrogens (tertiary/aromatic N) is 3. The number of aromatic nitrogens is 2. The van der Waals surface area contributed by atoms with Crippen LogP contribution in [0.2, 0.25) is 0 Å². The molecule has 4 heterocycles. The molecule has 0 atom stereocenters. The second-order valence-electron chi connectivity index (χ2n) is 8.16. The Labute approximate surface area is 186 Å². The van der Waals surface area contributed by atoms with E-state index in [1.54, 1.807) is 24.3 Å². The molecule has 1 fully saturated rings. The Morgan fingerprint density at radius 3 is 2.33 bits per heavy atom. The van der Waals surface area contributed by atoms with Gasteiger partial charge in [0.1, 0.15) is 5.82 Å². The number of H-pyrrole nitrogens is 1. The first kappa shape index (κ1) is 21.2. The first-order valence-corrected chi connectivity index (χ1v) is 10.4. The molecule has 2 amide bonds. The van der Waals surface area contributed by atoms with Crippen LogP contribution >= 0.6 is 0 Å². The third kappa shape index (κ3) is 3.66. The number of anilines is 1. The third-order valence-electron chi connectivity index (χ3n) is 6.08. The van der Waals surface area contributed by atoms with E-state index < -0.39 is 23.6 Å². The summed E-state index contributed by atoms with van der Waals surface area (Å²) in [4.78, 5) is 36.7. The predicted octanol–water partition coefficient (Wildman–Crippen LogP) is 2.90. The van der Waals surface area contributed by atoms with E-state index in [9.17, 15) is 22.8 Å². The van der Waals surface area contributed by atoms with Gasteiger partial charge in [-0.2, -0.15) is 13.2 Å². The standard InChI is InChI=1S/C23H20F3N5O2/c1-30-6-8-31(9-7-30)18-10-14(16(12-28-18)23(24,25)26)19-20(22(33)29-21(19)32)15-11-27-17-5-3-2-4-13(15)17/h2-5,10-12,27H,6-9H2,1H3,(H,29,32,33). The molecule has 1 aromatic carbocycles. The number of imide groups is 1. The van der Waals surface area contributed by atoms with E-state index in [-0.39, 0.29) is 16.7 Å². The molecule has 10 heteroatoms. The molecule has 3 aromatic rings. The van der Waals surface area contributed by atoms with Gasteiger partial charge in [-0.25, -0.2) is 4.98 Å².